The number of urea groups is 1. The zero-order valence-electron chi connectivity index (χ0n) is 16.8. The van der Waals surface area contributed by atoms with Crippen LogP contribution in [-0.4, -0.2) is 47.0 Å². The Balaban J connectivity index is 1.48. The topological polar surface area (TPSA) is 71.4 Å². The first-order valence-corrected chi connectivity index (χ1v) is 9.90. The molecule has 0 spiro atoms. The number of anilines is 2. The number of amides is 2. The number of halogens is 1. The molecule has 0 bridgehead atoms. The third-order valence-corrected chi connectivity index (χ3v) is 5.05. The SMILES string of the molecule is Cn1nccc1-c1cc(NC(=O)Nc2ccc(F)cc2)ccc1OCCN1CCC1. The van der Waals surface area contributed by atoms with Gasteiger partial charge in [0.2, 0.25) is 0 Å². The molecule has 0 unspecified atom stereocenters. The summed E-state index contributed by atoms with van der Waals surface area (Å²) in [6, 6.07) is 12.6. The van der Waals surface area contributed by atoms with Gasteiger partial charge in [-0.05, 0) is 68.0 Å². The van der Waals surface area contributed by atoms with Crippen LogP contribution in [0, 0.1) is 5.82 Å². The van der Waals surface area contributed by atoms with Crippen molar-refractivity contribution in [2.45, 2.75) is 6.42 Å². The van der Waals surface area contributed by atoms with Gasteiger partial charge >= 0.3 is 6.03 Å². The van der Waals surface area contributed by atoms with Gasteiger partial charge in [-0.2, -0.15) is 5.10 Å². The first kappa shape index (κ1) is 19.9. The van der Waals surface area contributed by atoms with Crippen LogP contribution in [0.1, 0.15) is 6.42 Å². The second-order valence-corrected chi connectivity index (χ2v) is 7.18. The Bertz CT molecular complexity index is 1010. The Morgan fingerprint density at radius 2 is 1.83 bits per heavy atom. The molecule has 1 aromatic heterocycles. The van der Waals surface area contributed by atoms with Crippen molar-refractivity contribution in [3.63, 3.8) is 0 Å². The summed E-state index contributed by atoms with van der Waals surface area (Å²) >= 11 is 0. The molecule has 1 saturated heterocycles. The van der Waals surface area contributed by atoms with Gasteiger partial charge in [0, 0.05) is 36.7 Å². The standard InChI is InChI=1S/C22H24FN5O2/c1-27-20(9-10-24-27)19-15-18(7-8-21(19)30-14-13-28-11-2-12-28)26-22(29)25-17-5-3-16(23)4-6-17/h3-10,15H,2,11-14H2,1H3,(H2,25,26,29). The second-order valence-electron chi connectivity index (χ2n) is 7.18. The summed E-state index contributed by atoms with van der Waals surface area (Å²) in [5.41, 5.74) is 2.85. The molecule has 2 amide bonds. The number of likely N-dealkylation sites (tertiary alicyclic amines) is 1. The normalized spacial score (nSPS) is 13.5. The molecule has 0 saturated carbocycles. The summed E-state index contributed by atoms with van der Waals surface area (Å²) in [7, 11) is 1.86. The second kappa shape index (κ2) is 8.96. The Kier molecular flexibility index (Phi) is 5.94. The van der Waals surface area contributed by atoms with Crippen molar-refractivity contribution in [1.82, 2.24) is 14.7 Å². The molecule has 1 aliphatic heterocycles. The van der Waals surface area contributed by atoms with Crippen molar-refractivity contribution in [3.05, 3.63) is 60.5 Å². The number of aryl methyl sites for hydroxylation is 1. The first-order chi connectivity index (χ1) is 14.6. The third kappa shape index (κ3) is 4.77. The Labute approximate surface area is 174 Å². The lowest BCUT2D eigenvalue weighted by Gasteiger charge is -2.30. The lowest BCUT2D eigenvalue weighted by Crippen LogP contribution is -2.39. The van der Waals surface area contributed by atoms with Crippen molar-refractivity contribution >= 4 is 17.4 Å². The molecule has 156 valence electrons. The molecule has 30 heavy (non-hydrogen) atoms. The Morgan fingerprint density at radius 1 is 1.10 bits per heavy atom. The number of benzene rings is 2. The minimum atomic E-state index is -0.413. The van der Waals surface area contributed by atoms with Gasteiger partial charge in [-0.25, -0.2) is 9.18 Å². The van der Waals surface area contributed by atoms with Gasteiger partial charge in [-0.3, -0.25) is 9.58 Å². The summed E-state index contributed by atoms with van der Waals surface area (Å²) in [5.74, 6) is 0.384. The summed E-state index contributed by atoms with van der Waals surface area (Å²) < 4.78 is 20.8. The van der Waals surface area contributed by atoms with Gasteiger partial charge < -0.3 is 15.4 Å². The fourth-order valence-electron chi connectivity index (χ4n) is 3.29. The maximum absolute atomic E-state index is 13.0. The molecular formula is C22H24FN5O2. The lowest BCUT2D eigenvalue weighted by molar-refractivity contribution is 0.147. The molecule has 0 atom stereocenters. The van der Waals surface area contributed by atoms with Crippen molar-refractivity contribution in [2.24, 2.45) is 7.05 Å². The minimum absolute atomic E-state index is 0.355. The molecule has 0 aliphatic carbocycles. The number of rotatable bonds is 7. The van der Waals surface area contributed by atoms with E-state index in [2.05, 4.69) is 20.6 Å². The van der Waals surface area contributed by atoms with E-state index >= 15 is 0 Å². The van der Waals surface area contributed by atoms with E-state index in [9.17, 15) is 9.18 Å². The molecule has 2 aromatic carbocycles. The quantitative estimate of drug-likeness (QED) is 0.620. The third-order valence-electron chi connectivity index (χ3n) is 5.05. The maximum atomic E-state index is 13.0. The zero-order valence-corrected chi connectivity index (χ0v) is 16.8. The van der Waals surface area contributed by atoms with Gasteiger partial charge in [-0.15, -0.1) is 0 Å². The Hall–Kier alpha value is -3.39. The van der Waals surface area contributed by atoms with Crippen LogP contribution in [0.2, 0.25) is 0 Å². The highest BCUT2D eigenvalue weighted by Gasteiger charge is 2.15. The average molecular weight is 409 g/mol. The number of nitrogens with one attached hydrogen (secondary N) is 2. The summed E-state index contributed by atoms with van der Waals surface area (Å²) in [6.07, 6.45) is 2.97. The van der Waals surface area contributed by atoms with Crippen LogP contribution < -0.4 is 15.4 Å². The van der Waals surface area contributed by atoms with E-state index in [1.54, 1.807) is 16.9 Å². The predicted molar refractivity (Wildman–Crippen MR) is 114 cm³/mol. The molecule has 2 N–H and O–H groups in total. The van der Waals surface area contributed by atoms with Crippen LogP contribution in [0.25, 0.3) is 11.3 Å². The smallest absolute Gasteiger partial charge is 0.323 e. The number of carbonyl (C=O) groups excluding carboxylic acids is 1. The van der Waals surface area contributed by atoms with E-state index in [0.717, 1.165) is 36.6 Å². The number of ether oxygens (including phenoxy) is 1. The van der Waals surface area contributed by atoms with E-state index in [-0.39, 0.29) is 5.82 Å². The fraction of sp³-hybridized carbons (Fsp3) is 0.273. The van der Waals surface area contributed by atoms with Crippen molar-refractivity contribution in [2.75, 3.05) is 36.9 Å². The van der Waals surface area contributed by atoms with E-state index in [0.29, 0.717) is 18.0 Å². The van der Waals surface area contributed by atoms with Crippen LogP contribution >= 0.6 is 0 Å². The van der Waals surface area contributed by atoms with Gasteiger partial charge in [-0.1, -0.05) is 0 Å². The van der Waals surface area contributed by atoms with Crippen LogP contribution in [0.4, 0.5) is 20.6 Å². The maximum Gasteiger partial charge on any atom is 0.323 e. The number of aromatic nitrogens is 2. The Morgan fingerprint density at radius 3 is 2.50 bits per heavy atom. The summed E-state index contributed by atoms with van der Waals surface area (Å²) in [4.78, 5) is 14.7. The van der Waals surface area contributed by atoms with Gasteiger partial charge in [0.15, 0.2) is 0 Å². The minimum Gasteiger partial charge on any atom is -0.492 e. The lowest BCUT2D eigenvalue weighted by atomic mass is 10.1. The fourth-order valence-corrected chi connectivity index (χ4v) is 3.29. The average Bonchev–Trinajstić information content (AvgIpc) is 3.12. The van der Waals surface area contributed by atoms with Gasteiger partial charge in [0.05, 0.1) is 5.69 Å². The van der Waals surface area contributed by atoms with Crippen molar-refractivity contribution in [1.29, 1.82) is 0 Å². The zero-order chi connectivity index (χ0) is 20.9. The molecule has 2 heterocycles. The van der Waals surface area contributed by atoms with Crippen molar-refractivity contribution in [3.8, 4) is 17.0 Å². The number of nitrogens with zero attached hydrogens (tertiary/aromatic N) is 3. The largest absolute Gasteiger partial charge is 0.492 e. The molecule has 1 aliphatic rings. The van der Waals surface area contributed by atoms with E-state index in [1.807, 2.05) is 25.2 Å². The number of hydrogen-bond acceptors (Lipinski definition) is 4. The number of carbonyl (C=O) groups is 1. The molecule has 0 radical (unpaired) electrons. The monoisotopic (exact) mass is 409 g/mol. The first-order valence-electron chi connectivity index (χ1n) is 9.90. The van der Waals surface area contributed by atoms with E-state index in [1.165, 1.54) is 30.7 Å². The van der Waals surface area contributed by atoms with Crippen molar-refractivity contribution < 1.29 is 13.9 Å². The highest BCUT2D eigenvalue weighted by molar-refractivity contribution is 6.00. The molecule has 1 fully saturated rings. The highest BCUT2D eigenvalue weighted by Crippen LogP contribution is 2.32. The molecule has 8 heteroatoms. The van der Waals surface area contributed by atoms with Crippen LogP contribution in [0.5, 0.6) is 5.75 Å². The molecule has 3 aromatic rings. The van der Waals surface area contributed by atoms with E-state index < -0.39 is 6.03 Å². The summed E-state index contributed by atoms with van der Waals surface area (Å²) in [5, 5.41) is 9.74. The number of hydrogen-bond donors (Lipinski definition) is 2. The molecule has 4 rings (SSSR count). The highest BCUT2D eigenvalue weighted by atomic mass is 19.1. The predicted octanol–water partition coefficient (Wildman–Crippen LogP) is 3.95. The van der Waals surface area contributed by atoms with E-state index in [4.69, 9.17) is 4.74 Å². The summed E-state index contributed by atoms with van der Waals surface area (Å²) in [6.45, 7) is 3.75. The van der Waals surface area contributed by atoms with Gasteiger partial charge in [0.1, 0.15) is 18.2 Å². The molecular weight excluding hydrogens is 385 g/mol. The van der Waals surface area contributed by atoms with Crippen LogP contribution in [0.3, 0.4) is 0 Å². The van der Waals surface area contributed by atoms with Gasteiger partial charge in [0.25, 0.3) is 0 Å². The molecule has 7 nitrogen and oxygen atoms in total. The van der Waals surface area contributed by atoms with Crippen LogP contribution in [0.15, 0.2) is 54.7 Å². The van der Waals surface area contributed by atoms with Crippen LogP contribution in [-0.2, 0) is 7.05 Å².